The highest BCUT2D eigenvalue weighted by molar-refractivity contribution is 5.94. The maximum Gasteiger partial charge on any atom is 0.326 e. The van der Waals surface area contributed by atoms with Crippen LogP contribution in [0.4, 0.5) is 0 Å². The molecule has 7 heteroatoms. The van der Waals surface area contributed by atoms with Crippen LogP contribution in [0.15, 0.2) is 36.5 Å². The fourth-order valence-corrected chi connectivity index (χ4v) is 1.97. The monoisotopic (exact) mass is 302 g/mol. The average Bonchev–Trinajstić information content (AvgIpc) is 3.02. The van der Waals surface area contributed by atoms with E-state index in [-0.39, 0.29) is 11.6 Å². The van der Waals surface area contributed by atoms with Gasteiger partial charge in [0.25, 0.3) is 5.91 Å². The van der Waals surface area contributed by atoms with Crippen molar-refractivity contribution in [2.75, 3.05) is 0 Å². The Hall–Kier alpha value is -2.70. The fourth-order valence-electron chi connectivity index (χ4n) is 1.97. The number of aliphatic carboxylic acids is 1. The zero-order chi connectivity index (χ0) is 16.1. The summed E-state index contributed by atoms with van der Waals surface area (Å²) < 4.78 is 1.47. The molecule has 1 aromatic heterocycles. The Balaban J connectivity index is 2.13. The van der Waals surface area contributed by atoms with Crippen LogP contribution < -0.4 is 5.32 Å². The Morgan fingerprint density at radius 3 is 2.59 bits per heavy atom. The zero-order valence-electron chi connectivity index (χ0n) is 12.4. The summed E-state index contributed by atoms with van der Waals surface area (Å²) in [5, 5.41) is 19.4. The molecule has 0 radical (unpaired) electrons. The number of nitrogens with zero attached hydrogens (tertiary/aromatic N) is 3. The van der Waals surface area contributed by atoms with Crippen LogP contribution in [0.25, 0.3) is 5.69 Å². The second-order valence-electron chi connectivity index (χ2n) is 5.06. The van der Waals surface area contributed by atoms with Crippen LogP contribution in [0, 0.1) is 5.92 Å². The normalized spacial score (nSPS) is 13.4. The molecule has 22 heavy (non-hydrogen) atoms. The van der Waals surface area contributed by atoms with Gasteiger partial charge in [-0.2, -0.15) is 0 Å². The Bertz CT molecular complexity index is 654. The van der Waals surface area contributed by atoms with Crippen molar-refractivity contribution in [3.8, 4) is 5.69 Å². The Morgan fingerprint density at radius 1 is 1.32 bits per heavy atom. The molecule has 0 saturated heterocycles. The van der Waals surface area contributed by atoms with Crippen LogP contribution in [0.3, 0.4) is 0 Å². The zero-order valence-corrected chi connectivity index (χ0v) is 12.4. The van der Waals surface area contributed by atoms with Crippen LogP contribution in [-0.2, 0) is 4.79 Å². The molecule has 116 valence electrons. The molecule has 0 spiro atoms. The minimum absolute atomic E-state index is 0.0819. The Kier molecular flexibility index (Phi) is 4.88. The highest BCUT2D eigenvalue weighted by Crippen LogP contribution is 2.10. The van der Waals surface area contributed by atoms with Gasteiger partial charge < -0.3 is 10.4 Å². The molecule has 2 N–H and O–H groups in total. The second kappa shape index (κ2) is 6.84. The SMILES string of the molecule is CCC(C)C(NC(=O)c1cn(-c2ccccc2)nn1)C(=O)O. The summed E-state index contributed by atoms with van der Waals surface area (Å²) >= 11 is 0. The lowest BCUT2D eigenvalue weighted by molar-refractivity contribution is -0.140. The molecule has 1 heterocycles. The first kappa shape index (κ1) is 15.7. The number of amides is 1. The third-order valence-corrected chi connectivity index (χ3v) is 3.51. The van der Waals surface area contributed by atoms with Gasteiger partial charge in [0.2, 0.25) is 0 Å². The smallest absolute Gasteiger partial charge is 0.326 e. The van der Waals surface area contributed by atoms with E-state index < -0.39 is 17.9 Å². The van der Waals surface area contributed by atoms with Crippen LogP contribution in [0.1, 0.15) is 30.8 Å². The molecule has 1 aromatic carbocycles. The molecule has 2 atom stereocenters. The number of nitrogens with one attached hydrogen (secondary N) is 1. The van der Waals surface area contributed by atoms with Gasteiger partial charge >= 0.3 is 5.97 Å². The molecule has 0 aliphatic carbocycles. The molecule has 0 aliphatic rings. The highest BCUT2D eigenvalue weighted by atomic mass is 16.4. The number of benzene rings is 1. The van der Waals surface area contributed by atoms with Crippen LogP contribution in [-0.4, -0.2) is 38.0 Å². The van der Waals surface area contributed by atoms with E-state index in [1.165, 1.54) is 10.9 Å². The quantitative estimate of drug-likeness (QED) is 0.842. The summed E-state index contributed by atoms with van der Waals surface area (Å²) in [6.45, 7) is 3.65. The van der Waals surface area contributed by atoms with Crippen molar-refractivity contribution in [3.05, 3.63) is 42.2 Å². The predicted molar refractivity (Wildman–Crippen MR) is 79.7 cm³/mol. The van der Waals surface area contributed by atoms with E-state index in [1.54, 1.807) is 6.92 Å². The summed E-state index contributed by atoms with van der Waals surface area (Å²) in [5.41, 5.74) is 0.851. The Morgan fingerprint density at radius 2 is 2.00 bits per heavy atom. The van der Waals surface area contributed by atoms with Gasteiger partial charge in [-0.3, -0.25) is 4.79 Å². The van der Waals surface area contributed by atoms with Gasteiger partial charge in [-0.05, 0) is 18.1 Å². The molecule has 0 aliphatic heterocycles. The maximum atomic E-state index is 12.1. The van der Waals surface area contributed by atoms with Crippen molar-refractivity contribution < 1.29 is 14.7 Å². The van der Waals surface area contributed by atoms with Gasteiger partial charge in [0.1, 0.15) is 6.04 Å². The van der Waals surface area contributed by atoms with Gasteiger partial charge in [-0.1, -0.05) is 43.7 Å². The first-order valence-electron chi connectivity index (χ1n) is 7.04. The van der Waals surface area contributed by atoms with E-state index in [2.05, 4.69) is 15.6 Å². The van der Waals surface area contributed by atoms with Crippen molar-refractivity contribution in [1.82, 2.24) is 20.3 Å². The third kappa shape index (κ3) is 3.49. The minimum atomic E-state index is -1.06. The number of carbonyl (C=O) groups excluding carboxylic acids is 1. The largest absolute Gasteiger partial charge is 0.480 e. The number of carboxylic acid groups (broad SMARTS) is 1. The number of hydrogen-bond acceptors (Lipinski definition) is 4. The number of carboxylic acids is 1. The van der Waals surface area contributed by atoms with Gasteiger partial charge in [-0.25, -0.2) is 9.48 Å². The van der Waals surface area contributed by atoms with Crippen LogP contribution in [0.5, 0.6) is 0 Å². The number of rotatable bonds is 6. The van der Waals surface area contributed by atoms with Crippen molar-refractivity contribution in [1.29, 1.82) is 0 Å². The first-order valence-corrected chi connectivity index (χ1v) is 7.04. The van der Waals surface area contributed by atoms with Crippen LogP contribution >= 0.6 is 0 Å². The number of para-hydroxylation sites is 1. The van der Waals surface area contributed by atoms with Gasteiger partial charge in [0.05, 0.1) is 11.9 Å². The highest BCUT2D eigenvalue weighted by Gasteiger charge is 2.26. The average molecular weight is 302 g/mol. The lowest BCUT2D eigenvalue weighted by Gasteiger charge is -2.19. The van der Waals surface area contributed by atoms with E-state index in [1.807, 2.05) is 37.3 Å². The predicted octanol–water partition coefficient (Wildman–Crippen LogP) is 1.50. The van der Waals surface area contributed by atoms with Crippen LogP contribution in [0.2, 0.25) is 0 Å². The molecule has 1 amide bonds. The summed E-state index contributed by atoms with van der Waals surface area (Å²) in [5.74, 6) is -1.78. The van der Waals surface area contributed by atoms with E-state index in [0.717, 1.165) is 5.69 Å². The van der Waals surface area contributed by atoms with Crippen molar-refractivity contribution in [2.24, 2.45) is 5.92 Å². The third-order valence-electron chi connectivity index (χ3n) is 3.51. The molecule has 0 fully saturated rings. The van der Waals surface area contributed by atoms with E-state index in [4.69, 9.17) is 0 Å². The topological polar surface area (TPSA) is 97.1 Å². The Labute approximate surface area is 128 Å². The van der Waals surface area contributed by atoms with E-state index in [0.29, 0.717) is 6.42 Å². The molecule has 0 saturated carbocycles. The van der Waals surface area contributed by atoms with Crippen molar-refractivity contribution in [3.63, 3.8) is 0 Å². The summed E-state index contributed by atoms with van der Waals surface area (Å²) in [4.78, 5) is 23.4. The molecular formula is C15H18N4O3. The second-order valence-corrected chi connectivity index (χ2v) is 5.06. The first-order chi connectivity index (χ1) is 10.5. The van der Waals surface area contributed by atoms with Gasteiger partial charge in [-0.15, -0.1) is 5.10 Å². The van der Waals surface area contributed by atoms with E-state index in [9.17, 15) is 14.7 Å². The number of hydrogen-bond donors (Lipinski definition) is 2. The molecule has 2 rings (SSSR count). The molecule has 7 nitrogen and oxygen atoms in total. The fraction of sp³-hybridized carbons (Fsp3) is 0.333. The van der Waals surface area contributed by atoms with Crippen molar-refractivity contribution >= 4 is 11.9 Å². The molecular weight excluding hydrogens is 284 g/mol. The van der Waals surface area contributed by atoms with Gasteiger partial charge in [0, 0.05) is 0 Å². The maximum absolute atomic E-state index is 12.1. The van der Waals surface area contributed by atoms with Gasteiger partial charge in [0.15, 0.2) is 5.69 Å². The number of carbonyl (C=O) groups is 2. The lowest BCUT2D eigenvalue weighted by atomic mass is 9.99. The molecule has 2 unspecified atom stereocenters. The standard InChI is InChI=1S/C15H18N4O3/c1-3-10(2)13(15(21)22)16-14(20)12-9-19(18-17-12)11-7-5-4-6-8-11/h4-10,13H,3H2,1-2H3,(H,16,20)(H,21,22). The minimum Gasteiger partial charge on any atom is -0.480 e. The summed E-state index contributed by atoms with van der Waals surface area (Å²) in [6.07, 6.45) is 2.12. The number of aromatic nitrogens is 3. The summed E-state index contributed by atoms with van der Waals surface area (Å²) in [6, 6.07) is 8.28. The lowest BCUT2D eigenvalue weighted by Crippen LogP contribution is -2.45. The molecule has 2 aromatic rings. The summed E-state index contributed by atoms with van der Waals surface area (Å²) in [7, 11) is 0. The van der Waals surface area contributed by atoms with Crippen molar-refractivity contribution in [2.45, 2.75) is 26.3 Å². The molecule has 0 bridgehead atoms. The van der Waals surface area contributed by atoms with E-state index >= 15 is 0 Å².